The maximum absolute atomic E-state index is 12.4. The molecule has 0 fully saturated rings. The summed E-state index contributed by atoms with van der Waals surface area (Å²) >= 11 is 0. The molecule has 3 aromatic carbocycles. The molecule has 0 saturated carbocycles. The lowest BCUT2D eigenvalue weighted by Crippen LogP contribution is -2.22. The summed E-state index contributed by atoms with van der Waals surface area (Å²) in [6, 6.07) is 26.1. The highest BCUT2D eigenvalue weighted by Crippen LogP contribution is 2.22. The molecule has 0 radical (unpaired) electrons. The molecular weight excluding hydrogens is 344 g/mol. The highest BCUT2D eigenvalue weighted by Gasteiger charge is 2.13. The van der Waals surface area contributed by atoms with Gasteiger partial charge in [0, 0.05) is 24.5 Å². The van der Waals surface area contributed by atoms with Gasteiger partial charge in [-0.3, -0.25) is 4.72 Å². The lowest BCUT2D eigenvalue weighted by molar-refractivity contribution is 0.601. The fraction of sp³-hybridized carbons (Fsp3) is 0.143. The first-order valence-corrected chi connectivity index (χ1v) is 10.0. The second-order valence-electron chi connectivity index (χ2n) is 5.97. The molecule has 134 valence electrons. The van der Waals surface area contributed by atoms with Crippen molar-refractivity contribution in [1.29, 1.82) is 0 Å². The normalized spacial score (nSPS) is 11.1. The Morgan fingerprint density at radius 1 is 0.808 bits per heavy atom. The molecule has 0 bridgehead atoms. The van der Waals surface area contributed by atoms with Crippen LogP contribution >= 0.6 is 0 Å². The van der Waals surface area contributed by atoms with Crippen molar-refractivity contribution in [2.75, 3.05) is 16.2 Å². The van der Waals surface area contributed by atoms with E-state index in [1.807, 2.05) is 30.3 Å². The van der Waals surface area contributed by atoms with Crippen LogP contribution in [0.2, 0.25) is 0 Å². The second-order valence-corrected chi connectivity index (χ2v) is 7.65. The van der Waals surface area contributed by atoms with Crippen LogP contribution in [0.15, 0.2) is 89.8 Å². The molecule has 3 rings (SSSR count). The number of hydrogen-bond acceptors (Lipinski definition) is 3. The molecule has 26 heavy (non-hydrogen) atoms. The van der Waals surface area contributed by atoms with E-state index in [2.05, 4.69) is 28.7 Å². The lowest BCUT2D eigenvalue weighted by atomic mass is 10.2. The summed E-state index contributed by atoms with van der Waals surface area (Å²) in [4.78, 5) is 2.49. The average Bonchev–Trinajstić information content (AvgIpc) is 2.68. The van der Waals surface area contributed by atoms with Gasteiger partial charge >= 0.3 is 0 Å². The van der Waals surface area contributed by atoms with Crippen molar-refractivity contribution < 1.29 is 8.42 Å². The van der Waals surface area contributed by atoms with Gasteiger partial charge in [0.25, 0.3) is 10.0 Å². The van der Waals surface area contributed by atoms with E-state index in [4.69, 9.17) is 0 Å². The summed E-state index contributed by atoms with van der Waals surface area (Å²) < 4.78 is 27.4. The minimum atomic E-state index is -3.56. The van der Waals surface area contributed by atoms with Crippen molar-refractivity contribution in [3.8, 4) is 0 Å². The van der Waals surface area contributed by atoms with Gasteiger partial charge in [-0.25, -0.2) is 8.42 Å². The topological polar surface area (TPSA) is 49.4 Å². The van der Waals surface area contributed by atoms with Gasteiger partial charge in [-0.2, -0.15) is 0 Å². The van der Waals surface area contributed by atoms with E-state index in [1.54, 1.807) is 42.5 Å². The number of rotatable bonds is 7. The predicted molar refractivity (Wildman–Crippen MR) is 107 cm³/mol. The van der Waals surface area contributed by atoms with Gasteiger partial charge < -0.3 is 4.90 Å². The van der Waals surface area contributed by atoms with E-state index >= 15 is 0 Å². The highest BCUT2D eigenvalue weighted by atomic mass is 32.2. The third-order valence-electron chi connectivity index (χ3n) is 4.14. The molecule has 0 spiro atoms. The molecule has 0 atom stereocenters. The number of nitrogens with one attached hydrogen (secondary N) is 1. The van der Waals surface area contributed by atoms with Gasteiger partial charge in [0.15, 0.2) is 0 Å². The van der Waals surface area contributed by atoms with Crippen LogP contribution in [-0.2, 0) is 16.6 Å². The Balaban J connectivity index is 1.73. The predicted octanol–water partition coefficient (Wildman–Crippen LogP) is 4.51. The molecule has 0 unspecified atom stereocenters. The molecule has 0 aromatic heterocycles. The maximum Gasteiger partial charge on any atom is 0.261 e. The van der Waals surface area contributed by atoms with Crippen LogP contribution in [0.25, 0.3) is 0 Å². The largest absolute Gasteiger partial charge is 0.367 e. The molecule has 4 nitrogen and oxygen atoms in total. The average molecular weight is 366 g/mol. The monoisotopic (exact) mass is 366 g/mol. The van der Waals surface area contributed by atoms with Gasteiger partial charge in [-0.15, -0.1) is 0 Å². The molecule has 0 aliphatic rings. The Kier molecular flexibility index (Phi) is 5.58. The minimum absolute atomic E-state index is 0.253. The molecule has 0 heterocycles. The van der Waals surface area contributed by atoms with E-state index < -0.39 is 10.0 Å². The molecule has 3 aromatic rings. The fourth-order valence-corrected chi connectivity index (χ4v) is 3.82. The Bertz CT molecular complexity index is 925. The van der Waals surface area contributed by atoms with E-state index in [0.717, 1.165) is 18.8 Å². The van der Waals surface area contributed by atoms with Crippen molar-refractivity contribution in [1.82, 2.24) is 0 Å². The van der Waals surface area contributed by atoms with Crippen LogP contribution in [0.4, 0.5) is 11.4 Å². The quantitative estimate of drug-likeness (QED) is 0.669. The van der Waals surface area contributed by atoms with Gasteiger partial charge in [0.05, 0.1) is 4.90 Å². The summed E-state index contributed by atoms with van der Waals surface area (Å²) in [6.07, 6.45) is 0. The number of nitrogens with zero attached hydrogens (tertiary/aromatic N) is 1. The van der Waals surface area contributed by atoms with Crippen molar-refractivity contribution in [2.24, 2.45) is 0 Å². The highest BCUT2D eigenvalue weighted by molar-refractivity contribution is 7.92. The van der Waals surface area contributed by atoms with Crippen molar-refractivity contribution in [2.45, 2.75) is 18.4 Å². The molecule has 1 N–H and O–H groups in total. The molecule has 0 aliphatic heterocycles. The second kappa shape index (κ2) is 8.06. The lowest BCUT2D eigenvalue weighted by Gasteiger charge is -2.23. The van der Waals surface area contributed by atoms with E-state index in [9.17, 15) is 8.42 Å². The van der Waals surface area contributed by atoms with Crippen LogP contribution in [0.3, 0.4) is 0 Å². The minimum Gasteiger partial charge on any atom is -0.367 e. The molecule has 0 saturated heterocycles. The van der Waals surface area contributed by atoms with E-state index in [-0.39, 0.29) is 4.90 Å². The van der Waals surface area contributed by atoms with Crippen molar-refractivity contribution in [3.63, 3.8) is 0 Å². The first kappa shape index (κ1) is 18.0. The Morgan fingerprint density at radius 3 is 1.96 bits per heavy atom. The molecule has 0 amide bonds. The zero-order valence-corrected chi connectivity index (χ0v) is 15.5. The summed E-state index contributed by atoms with van der Waals surface area (Å²) in [6.45, 7) is 3.78. The summed E-state index contributed by atoms with van der Waals surface area (Å²) in [5, 5.41) is 0. The Labute approximate surface area is 155 Å². The maximum atomic E-state index is 12.4. The number of hydrogen-bond donors (Lipinski definition) is 1. The summed E-state index contributed by atoms with van der Waals surface area (Å²) in [5.41, 5.74) is 2.84. The zero-order chi connectivity index (χ0) is 18.4. The van der Waals surface area contributed by atoms with Crippen LogP contribution in [0, 0.1) is 0 Å². The van der Waals surface area contributed by atoms with Crippen LogP contribution < -0.4 is 9.62 Å². The molecule has 0 aliphatic carbocycles. The first-order valence-electron chi connectivity index (χ1n) is 8.55. The van der Waals surface area contributed by atoms with Crippen LogP contribution in [0.1, 0.15) is 12.5 Å². The van der Waals surface area contributed by atoms with Gasteiger partial charge in [0.1, 0.15) is 0 Å². The van der Waals surface area contributed by atoms with Gasteiger partial charge in [-0.1, -0.05) is 48.5 Å². The van der Waals surface area contributed by atoms with E-state index in [1.165, 1.54) is 5.56 Å². The molecular formula is C21H22N2O2S. The van der Waals surface area contributed by atoms with Gasteiger partial charge in [0.2, 0.25) is 0 Å². The number of anilines is 2. The zero-order valence-electron chi connectivity index (χ0n) is 14.7. The third-order valence-corrected chi connectivity index (χ3v) is 5.53. The fourth-order valence-electron chi connectivity index (χ4n) is 2.74. The van der Waals surface area contributed by atoms with Crippen molar-refractivity contribution >= 4 is 21.4 Å². The van der Waals surface area contributed by atoms with Crippen molar-refractivity contribution in [3.05, 3.63) is 90.5 Å². The standard InChI is InChI=1S/C21H22N2O2S/c1-2-23(17-18-9-5-3-6-10-18)20-15-13-19(14-16-20)22-26(24,25)21-11-7-4-8-12-21/h3-16,22H,2,17H2,1H3. The van der Waals surface area contributed by atoms with Gasteiger partial charge in [-0.05, 0) is 48.9 Å². The Hall–Kier alpha value is -2.79. The first-order chi connectivity index (χ1) is 12.6. The third kappa shape index (κ3) is 4.43. The van der Waals surface area contributed by atoms with E-state index in [0.29, 0.717) is 5.69 Å². The smallest absolute Gasteiger partial charge is 0.261 e. The molecule has 5 heteroatoms. The number of sulfonamides is 1. The summed E-state index contributed by atoms with van der Waals surface area (Å²) in [5.74, 6) is 0. The van der Waals surface area contributed by atoms with Crippen LogP contribution in [-0.4, -0.2) is 15.0 Å². The number of benzene rings is 3. The summed E-state index contributed by atoms with van der Waals surface area (Å²) in [7, 11) is -3.56. The van der Waals surface area contributed by atoms with Crippen LogP contribution in [0.5, 0.6) is 0 Å². The SMILES string of the molecule is CCN(Cc1ccccc1)c1ccc(NS(=O)(=O)c2ccccc2)cc1. The Morgan fingerprint density at radius 2 is 1.38 bits per heavy atom.